The van der Waals surface area contributed by atoms with Crippen LogP contribution in [0.3, 0.4) is 0 Å². The maximum Gasteiger partial charge on any atom is 0.0988 e. The fraction of sp³-hybridized carbons (Fsp3) is 0.316. The molecule has 4 heterocycles. The topological polar surface area (TPSA) is 41.3 Å². The van der Waals surface area contributed by atoms with E-state index in [1.54, 1.807) is 0 Å². The molecule has 3 aliphatic rings. The molecule has 1 fully saturated rings. The van der Waals surface area contributed by atoms with Crippen LogP contribution < -0.4 is 0 Å². The van der Waals surface area contributed by atoms with Gasteiger partial charge in [0, 0.05) is 30.3 Å². The quantitative estimate of drug-likeness (QED) is 0.880. The lowest BCUT2D eigenvalue weighted by molar-refractivity contribution is 0.0498. The first-order valence-electron chi connectivity index (χ1n) is 8.25. The summed E-state index contributed by atoms with van der Waals surface area (Å²) in [5.74, 6) is 0.181. The van der Waals surface area contributed by atoms with E-state index in [-0.39, 0.29) is 12.0 Å². The third-order valence-electron chi connectivity index (χ3n) is 5.46. The minimum absolute atomic E-state index is 0.174. The van der Waals surface area contributed by atoms with Crippen LogP contribution in [-0.2, 0) is 0 Å². The number of aromatic nitrogens is 2. The number of benzene rings is 1. The van der Waals surface area contributed by atoms with Crippen LogP contribution in [-0.4, -0.2) is 38.8 Å². The van der Waals surface area contributed by atoms with E-state index < -0.39 is 6.10 Å². The molecule has 0 saturated carbocycles. The molecule has 3 unspecified atom stereocenters. The van der Waals surface area contributed by atoms with Gasteiger partial charge in [0.05, 0.1) is 30.4 Å². The highest BCUT2D eigenvalue weighted by Crippen LogP contribution is 2.47. The number of rotatable bonds is 1. The molecule has 3 aliphatic heterocycles. The van der Waals surface area contributed by atoms with Crippen LogP contribution in [0.2, 0.25) is 0 Å². The molecule has 0 amide bonds. The van der Waals surface area contributed by atoms with Crippen molar-refractivity contribution in [3.05, 3.63) is 66.3 Å². The summed E-state index contributed by atoms with van der Waals surface area (Å²) in [4.78, 5) is 6.63. The second kappa shape index (κ2) is 4.83. The summed E-state index contributed by atoms with van der Waals surface area (Å²) < 4.78 is 2.24. The summed E-state index contributed by atoms with van der Waals surface area (Å²) in [6.07, 6.45) is 10.7. The summed E-state index contributed by atoms with van der Waals surface area (Å²) in [7, 11) is 0. The SMILES string of the molecule is OC1C2=CC=CCN2CCC1C1c2ccccc2-c2cncn21. The Morgan fingerprint density at radius 1 is 1.22 bits per heavy atom. The van der Waals surface area contributed by atoms with Crippen molar-refractivity contribution in [1.82, 2.24) is 14.5 Å². The van der Waals surface area contributed by atoms with Gasteiger partial charge in [-0.25, -0.2) is 4.98 Å². The number of allylic oxidation sites excluding steroid dienone is 2. The van der Waals surface area contributed by atoms with Gasteiger partial charge in [-0.2, -0.15) is 0 Å². The summed E-state index contributed by atoms with van der Waals surface area (Å²) in [6.45, 7) is 1.91. The first-order valence-corrected chi connectivity index (χ1v) is 8.25. The molecule has 116 valence electrons. The van der Waals surface area contributed by atoms with E-state index in [9.17, 15) is 5.11 Å². The van der Waals surface area contributed by atoms with Gasteiger partial charge >= 0.3 is 0 Å². The number of imidazole rings is 1. The minimum Gasteiger partial charge on any atom is -0.387 e. The Balaban J connectivity index is 1.60. The molecule has 4 nitrogen and oxygen atoms in total. The number of fused-ring (bicyclic) bond motifs is 4. The zero-order valence-corrected chi connectivity index (χ0v) is 12.8. The first kappa shape index (κ1) is 13.1. The van der Waals surface area contributed by atoms with Crippen LogP contribution in [0, 0.1) is 5.92 Å². The second-order valence-electron chi connectivity index (χ2n) is 6.58. The van der Waals surface area contributed by atoms with Crippen LogP contribution >= 0.6 is 0 Å². The maximum absolute atomic E-state index is 11.0. The third-order valence-corrected chi connectivity index (χ3v) is 5.46. The second-order valence-corrected chi connectivity index (χ2v) is 6.58. The molecule has 3 atom stereocenters. The largest absolute Gasteiger partial charge is 0.387 e. The molecule has 1 N–H and O–H groups in total. The van der Waals surface area contributed by atoms with Crippen molar-refractivity contribution in [3.63, 3.8) is 0 Å². The van der Waals surface area contributed by atoms with Gasteiger partial charge in [0.25, 0.3) is 0 Å². The molecule has 1 aromatic carbocycles. The van der Waals surface area contributed by atoms with Gasteiger partial charge in [-0.15, -0.1) is 0 Å². The van der Waals surface area contributed by atoms with Crippen molar-refractivity contribution in [3.8, 4) is 11.3 Å². The number of nitrogens with zero attached hydrogens (tertiary/aromatic N) is 3. The minimum atomic E-state index is -0.430. The molecular weight excluding hydrogens is 286 g/mol. The van der Waals surface area contributed by atoms with E-state index in [2.05, 4.69) is 56.9 Å². The number of aliphatic hydroxyl groups is 1. The normalized spacial score (nSPS) is 28.1. The van der Waals surface area contributed by atoms with E-state index in [4.69, 9.17) is 0 Å². The molecule has 23 heavy (non-hydrogen) atoms. The predicted octanol–water partition coefficient (Wildman–Crippen LogP) is 2.59. The molecule has 5 rings (SSSR count). The van der Waals surface area contributed by atoms with Gasteiger partial charge in [0.1, 0.15) is 0 Å². The summed E-state index contributed by atoms with van der Waals surface area (Å²) in [6, 6.07) is 8.70. The standard InChI is InChI=1S/C19H19N3O/c23-19-15(8-10-21-9-4-3-7-16(19)21)18-14-6-2-1-5-13(14)17-11-20-12-22(17)18/h1-7,11-12,15,18-19,23H,8-10H2. The Hall–Kier alpha value is -2.33. The lowest BCUT2D eigenvalue weighted by Crippen LogP contribution is -2.45. The fourth-order valence-electron chi connectivity index (χ4n) is 4.39. The molecule has 0 aliphatic carbocycles. The molecule has 2 aromatic rings. The van der Waals surface area contributed by atoms with Crippen LogP contribution in [0.15, 0.2) is 60.7 Å². The number of piperidine rings is 1. The van der Waals surface area contributed by atoms with Crippen LogP contribution in [0.1, 0.15) is 18.0 Å². The number of aliphatic hydroxyl groups excluding tert-OH is 1. The third kappa shape index (κ3) is 1.78. The van der Waals surface area contributed by atoms with Gasteiger partial charge in [-0.3, -0.25) is 0 Å². The highest BCUT2D eigenvalue weighted by Gasteiger charge is 2.42. The predicted molar refractivity (Wildman–Crippen MR) is 88.7 cm³/mol. The molecule has 0 bridgehead atoms. The van der Waals surface area contributed by atoms with Crippen molar-refractivity contribution in [2.45, 2.75) is 18.6 Å². The maximum atomic E-state index is 11.0. The van der Waals surface area contributed by atoms with Crippen molar-refractivity contribution in [2.24, 2.45) is 5.92 Å². The molecule has 1 saturated heterocycles. The zero-order chi connectivity index (χ0) is 15.4. The zero-order valence-electron chi connectivity index (χ0n) is 12.8. The van der Waals surface area contributed by atoms with Gasteiger partial charge in [0.15, 0.2) is 0 Å². The van der Waals surface area contributed by atoms with E-state index in [0.717, 1.165) is 30.9 Å². The number of hydrogen-bond acceptors (Lipinski definition) is 3. The van der Waals surface area contributed by atoms with Gasteiger partial charge in [0.2, 0.25) is 0 Å². The molecule has 1 aromatic heterocycles. The van der Waals surface area contributed by atoms with Crippen molar-refractivity contribution >= 4 is 0 Å². The van der Waals surface area contributed by atoms with Gasteiger partial charge < -0.3 is 14.6 Å². The van der Waals surface area contributed by atoms with Crippen LogP contribution in [0.25, 0.3) is 11.3 Å². The monoisotopic (exact) mass is 305 g/mol. The summed E-state index contributed by atoms with van der Waals surface area (Å²) in [5.41, 5.74) is 4.80. The summed E-state index contributed by atoms with van der Waals surface area (Å²) >= 11 is 0. The molecule has 4 heteroatoms. The summed E-state index contributed by atoms with van der Waals surface area (Å²) in [5, 5.41) is 11.0. The van der Waals surface area contributed by atoms with Crippen LogP contribution in [0.5, 0.6) is 0 Å². The highest BCUT2D eigenvalue weighted by atomic mass is 16.3. The van der Waals surface area contributed by atoms with Gasteiger partial charge in [-0.1, -0.05) is 36.4 Å². The number of hydrogen-bond donors (Lipinski definition) is 1. The van der Waals surface area contributed by atoms with Crippen LogP contribution in [0.4, 0.5) is 0 Å². The Bertz CT molecular complexity index is 820. The smallest absolute Gasteiger partial charge is 0.0988 e. The average molecular weight is 305 g/mol. The highest BCUT2D eigenvalue weighted by molar-refractivity contribution is 5.69. The lowest BCUT2D eigenvalue weighted by Gasteiger charge is -2.42. The lowest BCUT2D eigenvalue weighted by atomic mass is 9.81. The van der Waals surface area contributed by atoms with Crippen molar-refractivity contribution in [1.29, 1.82) is 0 Å². The van der Waals surface area contributed by atoms with E-state index in [0.29, 0.717) is 0 Å². The Morgan fingerprint density at radius 2 is 2.13 bits per heavy atom. The van der Waals surface area contributed by atoms with E-state index in [1.165, 1.54) is 11.1 Å². The van der Waals surface area contributed by atoms with Gasteiger partial charge in [-0.05, 0) is 18.1 Å². The Morgan fingerprint density at radius 3 is 3.09 bits per heavy atom. The van der Waals surface area contributed by atoms with E-state index in [1.807, 2.05) is 12.5 Å². The molecule has 0 spiro atoms. The van der Waals surface area contributed by atoms with E-state index >= 15 is 0 Å². The molecule has 0 radical (unpaired) electrons. The van der Waals surface area contributed by atoms with Crippen molar-refractivity contribution in [2.75, 3.05) is 13.1 Å². The fourth-order valence-corrected chi connectivity index (χ4v) is 4.39. The first-order chi connectivity index (χ1) is 11.3. The Kier molecular flexibility index (Phi) is 2.76. The Labute approximate surface area is 135 Å². The molecular formula is C19H19N3O. The average Bonchev–Trinajstić information content (AvgIpc) is 3.17. The van der Waals surface area contributed by atoms with Crippen molar-refractivity contribution < 1.29 is 5.11 Å².